The number of carbonyl (C=O) groups excluding carboxylic acids is 3. The van der Waals surface area contributed by atoms with E-state index in [9.17, 15) is 14.4 Å². The highest BCUT2D eigenvalue weighted by atomic mass is 16.5. The molecule has 0 bridgehead atoms. The summed E-state index contributed by atoms with van der Waals surface area (Å²) in [6, 6.07) is 6.51. The van der Waals surface area contributed by atoms with Gasteiger partial charge < -0.3 is 15.0 Å². The van der Waals surface area contributed by atoms with Crippen molar-refractivity contribution in [3.05, 3.63) is 42.5 Å². The second kappa shape index (κ2) is 7.58. The molecule has 0 radical (unpaired) electrons. The van der Waals surface area contributed by atoms with Crippen molar-refractivity contribution in [3.63, 3.8) is 0 Å². The molecular weight excluding hydrogens is 296 g/mol. The number of carbonyl (C=O) groups is 3. The fourth-order valence-electron chi connectivity index (χ4n) is 2.51. The molecular formula is C17H20N2O4. The molecule has 0 atom stereocenters. The summed E-state index contributed by atoms with van der Waals surface area (Å²) < 4.78 is 4.98. The van der Waals surface area contributed by atoms with E-state index in [1.165, 1.54) is 19.1 Å². The number of likely N-dealkylation sites (tertiary alicyclic amines) is 1. The highest BCUT2D eigenvalue weighted by Gasteiger charge is 2.23. The maximum atomic E-state index is 12.3. The van der Waals surface area contributed by atoms with Crippen LogP contribution in [0.25, 0.3) is 0 Å². The lowest BCUT2D eigenvalue weighted by Gasteiger charge is -2.31. The molecule has 1 aromatic rings. The van der Waals surface area contributed by atoms with Gasteiger partial charge in [0.05, 0.1) is 0 Å². The smallest absolute Gasteiger partial charge is 0.308 e. The third-order valence-corrected chi connectivity index (χ3v) is 3.67. The van der Waals surface area contributed by atoms with Crippen LogP contribution in [0, 0.1) is 0 Å². The minimum absolute atomic E-state index is 0.0220. The van der Waals surface area contributed by atoms with E-state index in [-0.39, 0.29) is 17.9 Å². The number of hydrogen-bond donors (Lipinski definition) is 1. The third-order valence-electron chi connectivity index (χ3n) is 3.67. The first-order valence-electron chi connectivity index (χ1n) is 7.50. The van der Waals surface area contributed by atoms with Crippen LogP contribution < -0.4 is 10.1 Å². The molecule has 6 nitrogen and oxygen atoms in total. The van der Waals surface area contributed by atoms with E-state index in [0.29, 0.717) is 37.2 Å². The molecule has 6 heteroatoms. The van der Waals surface area contributed by atoms with Crippen molar-refractivity contribution in [1.82, 2.24) is 10.2 Å². The Morgan fingerprint density at radius 3 is 2.61 bits per heavy atom. The Morgan fingerprint density at radius 1 is 1.30 bits per heavy atom. The van der Waals surface area contributed by atoms with E-state index in [4.69, 9.17) is 4.74 Å². The van der Waals surface area contributed by atoms with Crippen LogP contribution in [0.5, 0.6) is 5.75 Å². The van der Waals surface area contributed by atoms with E-state index in [1.54, 1.807) is 23.1 Å². The number of ether oxygens (including phenoxy) is 1. The first kappa shape index (κ1) is 16.7. The molecule has 2 rings (SSSR count). The van der Waals surface area contributed by atoms with Crippen LogP contribution in [0.3, 0.4) is 0 Å². The Morgan fingerprint density at radius 2 is 2.00 bits per heavy atom. The average molecular weight is 316 g/mol. The maximum absolute atomic E-state index is 12.3. The second-order valence-electron chi connectivity index (χ2n) is 5.40. The number of hydrogen-bond acceptors (Lipinski definition) is 4. The largest absolute Gasteiger partial charge is 0.427 e. The van der Waals surface area contributed by atoms with Crippen LogP contribution in [0.4, 0.5) is 0 Å². The molecule has 1 heterocycles. The van der Waals surface area contributed by atoms with E-state index in [2.05, 4.69) is 11.9 Å². The van der Waals surface area contributed by atoms with Crippen LogP contribution in [-0.2, 0) is 9.59 Å². The van der Waals surface area contributed by atoms with Gasteiger partial charge in [-0.3, -0.25) is 14.4 Å². The maximum Gasteiger partial charge on any atom is 0.308 e. The monoisotopic (exact) mass is 316 g/mol. The van der Waals surface area contributed by atoms with Gasteiger partial charge in [-0.2, -0.15) is 0 Å². The van der Waals surface area contributed by atoms with Crippen molar-refractivity contribution in [2.75, 3.05) is 13.1 Å². The predicted molar refractivity (Wildman–Crippen MR) is 85.0 cm³/mol. The molecule has 23 heavy (non-hydrogen) atoms. The van der Waals surface area contributed by atoms with Gasteiger partial charge in [-0.25, -0.2) is 0 Å². The summed E-state index contributed by atoms with van der Waals surface area (Å²) in [6.07, 6.45) is 2.71. The SMILES string of the molecule is C=CC(=O)N1CCC(NC(=O)c2cccc(OC(C)=O)c2)CC1. The molecule has 0 aromatic heterocycles. The Labute approximate surface area is 135 Å². The van der Waals surface area contributed by atoms with Crippen LogP contribution in [0.2, 0.25) is 0 Å². The Bertz CT molecular complexity index is 619. The van der Waals surface area contributed by atoms with Crippen LogP contribution in [-0.4, -0.2) is 41.8 Å². The first-order valence-corrected chi connectivity index (χ1v) is 7.50. The molecule has 1 aromatic carbocycles. The Balaban J connectivity index is 1.91. The van der Waals surface area contributed by atoms with Crippen LogP contribution in [0.1, 0.15) is 30.1 Å². The number of rotatable bonds is 4. The van der Waals surface area contributed by atoms with E-state index in [0.717, 1.165) is 0 Å². The zero-order valence-electron chi connectivity index (χ0n) is 13.1. The van der Waals surface area contributed by atoms with Crippen molar-refractivity contribution in [2.45, 2.75) is 25.8 Å². The number of nitrogens with zero attached hydrogens (tertiary/aromatic N) is 1. The minimum Gasteiger partial charge on any atom is -0.427 e. The van der Waals surface area contributed by atoms with Gasteiger partial charge in [0.2, 0.25) is 5.91 Å². The summed E-state index contributed by atoms with van der Waals surface area (Å²) in [5.41, 5.74) is 0.438. The van der Waals surface area contributed by atoms with Gasteiger partial charge in [0.15, 0.2) is 0 Å². The minimum atomic E-state index is -0.429. The van der Waals surface area contributed by atoms with Gasteiger partial charge in [0, 0.05) is 31.6 Å². The molecule has 1 aliphatic heterocycles. The lowest BCUT2D eigenvalue weighted by Crippen LogP contribution is -2.46. The van der Waals surface area contributed by atoms with E-state index >= 15 is 0 Å². The van der Waals surface area contributed by atoms with Gasteiger partial charge >= 0.3 is 5.97 Å². The van der Waals surface area contributed by atoms with Crippen molar-refractivity contribution in [3.8, 4) is 5.75 Å². The number of nitrogens with one attached hydrogen (secondary N) is 1. The van der Waals surface area contributed by atoms with E-state index < -0.39 is 5.97 Å². The fourth-order valence-corrected chi connectivity index (χ4v) is 2.51. The standard InChI is InChI=1S/C17H20N2O4/c1-3-16(21)19-9-7-14(8-10-19)18-17(22)13-5-4-6-15(11-13)23-12(2)20/h3-6,11,14H,1,7-10H2,2H3,(H,18,22). The molecule has 1 aliphatic rings. The van der Waals surface area contributed by atoms with Gasteiger partial charge in [0.25, 0.3) is 5.91 Å². The van der Waals surface area contributed by atoms with Crippen molar-refractivity contribution in [2.24, 2.45) is 0 Å². The van der Waals surface area contributed by atoms with Crippen molar-refractivity contribution >= 4 is 17.8 Å². The highest BCUT2D eigenvalue weighted by Crippen LogP contribution is 2.15. The summed E-state index contributed by atoms with van der Waals surface area (Å²) in [5.74, 6) is -0.380. The molecule has 0 saturated carbocycles. The van der Waals surface area contributed by atoms with Crippen LogP contribution in [0.15, 0.2) is 36.9 Å². The summed E-state index contributed by atoms with van der Waals surface area (Å²) in [7, 11) is 0. The highest BCUT2D eigenvalue weighted by molar-refractivity contribution is 5.95. The number of esters is 1. The van der Waals surface area contributed by atoms with Gasteiger partial charge in [-0.15, -0.1) is 0 Å². The molecule has 0 unspecified atom stereocenters. The number of benzene rings is 1. The molecule has 1 fully saturated rings. The number of amides is 2. The van der Waals surface area contributed by atoms with Crippen molar-refractivity contribution < 1.29 is 19.1 Å². The Hall–Kier alpha value is -2.63. The topological polar surface area (TPSA) is 75.7 Å². The summed E-state index contributed by atoms with van der Waals surface area (Å²) in [5, 5.41) is 2.95. The zero-order chi connectivity index (χ0) is 16.8. The molecule has 0 aliphatic carbocycles. The Kier molecular flexibility index (Phi) is 5.51. The van der Waals surface area contributed by atoms with Gasteiger partial charge in [0.1, 0.15) is 5.75 Å². The van der Waals surface area contributed by atoms with Gasteiger partial charge in [-0.1, -0.05) is 12.6 Å². The molecule has 1 N–H and O–H groups in total. The van der Waals surface area contributed by atoms with Crippen molar-refractivity contribution in [1.29, 1.82) is 0 Å². The van der Waals surface area contributed by atoms with Gasteiger partial charge in [-0.05, 0) is 37.1 Å². The second-order valence-corrected chi connectivity index (χ2v) is 5.40. The molecule has 1 saturated heterocycles. The first-order chi connectivity index (χ1) is 11.0. The predicted octanol–water partition coefficient (Wildman–Crippen LogP) is 1.52. The zero-order valence-corrected chi connectivity index (χ0v) is 13.1. The van der Waals surface area contributed by atoms with Crippen LogP contribution >= 0.6 is 0 Å². The third kappa shape index (κ3) is 4.67. The summed E-state index contributed by atoms with van der Waals surface area (Å²) >= 11 is 0. The molecule has 0 spiro atoms. The summed E-state index contributed by atoms with van der Waals surface area (Å²) in [6.45, 7) is 5.99. The lowest BCUT2D eigenvalue weighted by atomic mass is 10.0. The normalized spacial score (nSPS) is 14.9. The molecule has 122 valence electrons. The fraction of sp³-hybridized carbons (Fsp3) is 0.353. The quantitative estimate of drug-likeness (QED) is 0.519. The van der Waals surface area contributed by atoms with E-state index in [1.807, 2.05) is 0 Å². The molecule has 2 amide bonds. The lowest BCUT2D eigenvalue weighted by molar-refractivity contribution is -0.132. The summed E-state index contributed by atoms with van der Waals surface area (Å²) in [4.78, 5) is 36.5. The number of piperidine rings is 1. The average Bonchev–Trinajstić information content (AvgIpc) is 2.54.